The van der Waals surface area contributed by atoms with Gasteiger partial charge in [-0.3, -0.25) is 14.2 Å². The average Bonchev–Trinajstić information content (AvgIpc) is 3.34. The van der Waals surface area contributed by atoms with Crippen molar-refractivity contribution in [2.75, 3.05) is 5.32 Å². The maximum atomic E-state index is 13.0. The lowest BCUT2D eigenvalue weighted by Gasteiger charge is -2.09. The monoisotopic (exact) mass is 452 g/mol. The van der Waals surface area contributed by atoms with E-state index in [9.17, 15) is 4.79 Å². The van der Waals surface area contributed by atoms with Crippen LogP contribution < -0.4 is 5.32 Å². The first kappa shape index (κ1) is 21.8. The summed E-state index contributed by atoms with van der Waals surface area (Å²) in [6.45, 7) is 10.5. The average molecular weight is 453 g/mol. The molecule has 32 heavy (non-hydrogen) atoms. The fourth-order valence-corrected chi connectivity index (χ4v) is 3.82. The van der Waals surface area contributed by atoms with E-state index < -0.39 is 0 Å². The van der Waals surface area contributed by atoms with Crippen LogP contribution in [0.15, 0.2) is 34.9 Å². The number of carbonyl (C=O) groups excluding carboxylic acids is 1. The zero-order valence-corrected chi connectivity index (χ0v) is 19.5. The number of nitrogens with one attached hydrogen (secondary N) is 1. The summed E-state index contributed by atoms with van der Waals surface area (Å²) >= 11 is 6.26. The van der Waals surface area contributed by atoms with Gasteiger partial charge in [0.05, 0.1) is 35.2 Å². The third-order valence-corrected chi connectivity index (χ3v) is 5.97. The van der Waals surface area contributed by atoms with Crippen molar-refractivity contribution in [3.05, 3.63) is 80.7 Å². The van der Waals surface area contributed by atoms with E-state index in [1.807, 2.05) is 62.7 Å². The molecule has 0 atom stereocenters. The van der Waals surface area contributed by atoms with Gasteiger partial charge in [0.25, 0.3) is 5.91 Å². The molecule has 1 aromatic carbocycles. The highest BCUT2D eigenvalue weighted by Gasteiger charge is 2.22. The molecule has 8 nitrogen and oxygen atoms in total. The lowest BCUT2D eigenvalue weighted by Crippen LogP contribution is -2.16. The van der Waals surface area contributed by atoms with Gasteiger partial charge in [0, 0.05) is 16.9 Å². The molecule has 0 radical (unpaired) electrons. The smallest absolute Gasteiger partial charge is 0.278 e. The standard InChI is InChI=1S/C23H25ClN6O2/c1-13-9-14(2)29(26-13)11-18-7-6-8-19(10-18)25-23(31)22-20(17(5)32-28-22)12-30-16(4)21(24)15(3)27-30/h6-10H,11-12H2,1-5H3,(H,25,31). The maximum Gasteiger partial charge on any atom is 0.278 e. The third kappa shape index (κ3) is 4.31. The first-order valence-electron chi connectivity index (χ1n) is 10.3. The van der Waals surface area contributed by atoms with Crippen molar-refractivity contribution in [1.29, 1.82) is 0 Å². The molecule has 0 fully saturated rings. The van der Waals surface area contributed by atoms with E-state index in [2.05, 4.69) is 20.7 Å². The van der Waals surface area contributed by atoms with Crippen molar-refractivity contribution in [2.24, 2.45) is 0 Å². The fraction of sp³-hybridized carbons (Fsp3) is 0.304. The van der Waals surface area contributed by atoms with Gasteiger partial charge < -0.3 is 9.84 Å². The Labute approximate surface area is 191 Å². The van der Waals surface area contributed by atoms with E-state index in [-0.39, 0.29) is 11.6 Å². The zero-order chi connectivity index (χ0) is 23.0. The van der Waals surface area contributed by atoms with E-state index in [0.29, 0.717) is 35.1 Å². The summed E-state index contributed by atoms with van der Waals surface area (Å²) in [6.07, 6.45) is 0. The van der Waals surface area contributed by atoms with Crippen LogP contribution in [-0.2, 0) is 13.1 Å². The molecule has 9 heteroatoms. The molecular weight excluding hydrogens is 428 g/mol. The number of hydrogen-bond acceptors (Lipinski definition) is 5. The van der Waals surface area contributed by atoms with Crippen LogP contribution in [0.25, 0.3) is 0 Å². The molecule has 0 saturated carbocycles. The molecule has 166 valence electrons. The fourth-order valence-electron chi connectivity index (χ4n) is 3.68. The molecule has 0 spiro atoms. The van der Waals surface area contributed by atoms with E-state index in [1.54, 1.807) is 11.6 Å². The number of aryl methyl sites for hydroxylation is 4. The predicted octanol–water partition coefficient (Wildman–Crippen LogP) is 4.61. The van der Waals surface area contributed by atoms with Crippen LogP contribution in [0.1, 0.15) is 50.2 Å². The molecule has 4 rings (SSSR count). The number of anilines is 1. The summed E-state index contributed by atoms with van der Waals surface area (Å²) in [5.74, 6) is 0.227. The van der Waals surface area contributed by atoms with Crippen LogP contribution in [0.3, 0.4) is 0 Å². The summed E-state index contributed by atoms with van der Waals surface area (Å²) in [5.41, 5.74) is 6.24. The SMILES string of the molecule is Cc1cc(C)n(Cc2cccc(NC(=O)c3noc(C)c3Cn3nc(C)c(Cl)c3C)c2)n1. The Kier molecular flexibility index (Phi) is 5.88. The Balaban J connectivity index is 1.54. The molecule has 0 saturated heterocycles. The highest BCUT2D eigenvalue weighted by Crippen LogP contribution is 2.23. The van der Waals surface area contributed by atoms with E-state index in [4.69, 9.17) is 16.1 Å². The van der Waals surface area contributed by atoms with Crippen LogP contribution in [-0.4, -0.2) is 30.6 Å². The minimum Gasteiger partial charge on any atom is -0.361 e. The number of halogens is 1. The summed E-state index contributed by atoms with van der Waals surface area (Å²) in [7, 11) is 0. The normalized spacial score (nSPS) is 11.2. The second-order valence-corrected chi connectivity index (χ2v) is 8.33. The maximum absolute atomic E-state index is 13.0. The Bertz CT molecular complexity index is 1300. The van der Waals surface area contributed by atoms with Crippen molar-refractivity contribution in [1.82, 2.24) is 24.7 Å². The van der Waals surface area contributed by atoms with E-state index >= 15 is 0 Å². The number of rotatable bonds is 6. The van der Waals surface area contributed by atoms with Gasteiger partial charge in [-0.2, -0.15) is 10.2 Å². The molecule has 3 heterocycles. The van der Waals surface area contributed by atoms with E-state index in [1.165, 1.54) is 0 Å². The quantitative estimate of drug-likeness (QED) is 0.461. The molecule has 0 aliphatic heterocycles. The predicted molar refractivity (Wildman–Crippen MR) is 122 cm³/mol. The van der Waals surface area contributed by atoms with Crippen LogP contribution in [0.2, 0.25) is 5.02 Å². The lowest BCUT2D eigenvalue weighted by atomic mass is 10.1. The molecule has 0 unspecified atom stereocenters. The summed E-state index contributed by atoms with van der Waals surface area (Å²) in [6, 6.07) is 9.72. The summed E-state index contributed by atoms with van der Waals surface area (Å²) in [5, 5.41) is 16.5. The third-order valence-electron chi connectivity index (χ3n) is 5.42. The highest BCUT2D eigenvalue weighted by molar-refractivity contribution is 6.31. The van der Waals surface area contributed by atoms with Crippen molar-refractivity contribution in [2.45, 2.75) is 47.7 Å². The van der Waals surface area contributed by atoms with Crippen LogP contribution in [0, 0.1) is 34.6 Å². The van der Waals surface area contributed by atoms with Crippen LogP contribution >= 0.6 is 11.6 Å². The molecular formula is C23H25ClN6O2. The lowest BCUT2D eigenvalue weighted by molar-refractivity contribution is 0.101. The number of amides is 1. The van der Waals surface area contributed by atoms with Crippen molar-refractivity contribution >= 4 is 23.2 Å². The largest absolute Gasteiger partial charge is 0.361 e. The van der Waals surface area contributed by atoms with Crippen molar-refractivity contribution in [3.63, 3.8) is 0 Å². The number of hydrogen-bond donors (Lipinski definition) is 1. The van der Waals surface area contributed by atoms with Gasteiger partial charge in [0.1, 0.15) is 5.76 Å². The van der Waals surface area contributed by atoms with Crippen LogP contribution in [0.5, 0.6) is 0 Å². The first-order valence-corrected chi connectivity index (χ1v) is 10.7. The van der Waals surface area contributed by atoms with Gasteiger partial charge in [-0.15, -0.1) is 0 Å². The molecule has 4 aromatic rings. The number of benzene rings is 1. The second-order valence-electron chi connectivity index (χ2n) is 7.95. The Morgan fingerprint density at radius 1 is 1.06 bits per heavy atom. The summed E-state index contributed by atoms with van der Waals surface area (Å²) < 4.78 is 9.02. The number of carbonyl (C=O) groups is 1. The molecule has 0 aliphatic rings. The first-order chi connectivity index (χ1) is 15.2. The van der Waals surface area contributed by atoms with Gasteiger partial charge in [-0.25, -0.2) is 0 Å². The Morgan fingerprint density at radius 3 is 2.50 bits per heavy atom. The minimum atomic E-state index is -0.340. The zero-order valence-electron chi connectivity index (χ0n) is 18.7. The van der Waals surface area contributed by atoms with Crippen molar-refractivity contribution < 1.29 is 9.32 Å². The van der Waals surface area contributed by atoms with Gasteiger partial charge in [-0.05, 0) is 58.4 Å². The van der Waals surface area contributed by atoms with Gasteiger partial charge >= 0.3 is 0 Å². The van der Waals surface area contributed by atoms with Crippen molar-refractivity contribution in [3.8, 4) is 0 Å². The Morgan fingerprint density at radius 2 is 1.84 bits per heavy atom. The minimum absolute atomic E-state index is 0.232. The van der Waals surface area contributed by atoms with Gasteiger partial charge in [-0.1, -0.05) is 28.9 Å². The molecule has 3 aromatic heterocycles. The van der Waals surface area contributed by atoms with Gasteiger partial charge in [0.15, 0.2) is 5.69 Å². The van der Waals surface area contributed by atoms with Crippen LogP contribution in [0.4, 0.5) is 5.69 Å². The van der Waals surface area contributed by atoms with E-state index in [0.717, 1.165) is 28.3 Å². The highest BCUT2D eigenvalue weighted by atomic mass is 35.5. The topological polar surface area (TPSA) is 90.8 Å². The molecule has 0 bridgehead atoms. The summed E-state index contributed by atoms with van der Waals surface area (Å²) in [4.78, 5) is 13.0. The molecule has 1 N–H and O–H groups in total. The second kappa shape index (κ2) is 8.63. The van der Waals surface area contributed by atoms with Gasteiger partial charge in [0.2, 0.25) is 0 Å². The Hall–Kier alpha value is -3.39. The molecule has 0 aliphatic carbocycles. The molecule has 1 amide bonds. The number of nitrogens with zero attached hydrogens (tertiary/aromatic N) is 5. The number of aromatic nitrogens is 5.